The molecule has 3 rings (SSSR count). The first kappa shape index (κ1) is 14.7. The maximum Gasteiger partial charge on any atom is 0.115 e. The van der Waals surface area contributed by atoms with Crippen molar-refractivity contribution in [2.75, 3.05) is 14.2 Å². The number of hydrogen-bond acceptors (Lipinski definition) is 4. The molecular formula is C17H22N2OS. The summed E-state index contributed by atoms with van der Waals surface area (Å²) in [6.07, 6.45) is 4.94. The van der Waals surface area contributed by atoms with Gasteiger partial charge in [0.15, 0.2) is 0 Å². The minimum Gasteiger partial charge on any atom is -0.380 e. The normalized spacial score (nSPS) is 15.7. The molecule has 1 aromatic heterocycles. The van der Waals surface area contributed by atoms with Gasteiger partial charge < -0.3 is 10.1 Å². The van der Waals surface area contributed by atoms with Crippen LogP contribution in [0.25, 0.3) is 0 Å². The maximum atomic E-state index is 5.23. The zero-order valence-corrected chi connectivity index (χ0v) is 13.5. The van der Waals surface area contributed by atoms with E-state index in [1.165, 1.54) is 46.0 Å². The molecule has 21 heavy (non-hydrogen) atoms. The lowest BCUT2D eigenvalue weighted by Gasteiger charge is -2.15. The lowest BCUT2D eigenvalue weighted by atomic mass is 10.0. The van der Waals surface area contributed by atoms with Crippen LogP contribution in [0.3, 0.4) is 0 Å². The fourth-order valence-electron chi connectivity index (χ4n) is 2.96. The summed E-state index contributed by atoms with van der Waals surface area (Å²) < 4.78 is 5.23. The van der Waals surface area contributed by atoms with Crippen LogP contribution in [-0.4, -0.2) is 19.1 Å². The zero-order valence-electron chi connectivity index (χ0n) is 12.7. The van der Waals surface area contributed by atoms with E-state index in [2.05, 4.69) is 29.6 Å². The van der Waals surface area contributed by atoms with Crippen LogP contribution in [0.5, 0.6) is 0 Å². The van der Waals surface area contributed by atoms with E-state index >= 15 is 0 Å². The van der Waals surface area contributed by atoms with Gasteiger partial charge in [0, 0.05) is 12.0 Å². The van der Waals surface area contributed by atoms with Crippen LogP contribution in [-0.2, 0) is 24.2 Å². The van der Waals surface area contributed by atoms with Crippen molar-refractivity contribution in [2.45, 2.75) is 38.3 Å². The van der Waals surface area contributed by atoms with E-state index in [0.717, 1.165) is 6.42 Å². The summed E-state index contributed by atoms with van der Waals surface area (Å²) in [5, 5.41) is 4.61. The third-order valence-electron chi connectivity index (χ3n) is 3.99. The Bertz CT molecular complexity index is 585. The second-order valence-corrected chi connectivity index (χ2v) is 6.64. The SMILES string of the molecule is CNC(c1cccc(COC)c1)c1nc2c(s1)CCCC2. The molecule has 2 aromatic rings. The summed E-state index contributed by atoms with van der Waals surface area (Å²) in [7, 11) is 3.74. The highest BCUT2D eigenvalue weighted by molar-refractivity contribution is 7.11. The Labute approximate surface area is 130 Å². The number of ether oxygens (including phenoxy) is 1. The molecule has 0 saturated heterocycles. The molecule has 0 bridgehead atoms. The van der Waals surface area contributed by atoms with Crippen molar-refractivity contribution >= 4 is 11.3 Å². The average Bonchev–Trinajstić information content (AvgIpc) is 2.92. The molecule has 0 saturated carbocycles. The number of aryl methyl sites for hydroxylation is 2. The summed E-state index contributed by atoms with van der Waals surface area (Å²) >= 11 is 1.88. The number of methoxy groups -OCH3 is 1. The van der Waals surface area contributed by atoms with Crippen molar-refractivity contribution in [3.63, 3.8) is 0 Å². The molecule has 4 heteroatoms. The van der Waals surface area contributed by atoms with Crippen molar-refractivity contribution in [2.24, 2.45) is 0 Å². The maximum absolute atomic E-state index is 5.23. The van der Waals surface area contributed by atoms with Gasteiger partial charge in [-0.25, -0.2) is 4.98 Å². The van der Waals surface area contributed by atoms with Gasteiger partial charge in [-0.15, -0.1) is 11.3 Å². The molecule has 3 nitrogen and oxygen atoms in total. The van der Waals surface area contributed by atoms with Crippen molar-refractivity contribution < 1.29 is 4.74 Å². The molecule has 0 amide bonds. The minimum atomic E-state index is 0.178. The molecule has 1 aliphatic carbocycles. The summed E-state index contributed by atoms with van der Waals surface area (Å²) in [6.45, 7) is 0.651. The van der Waals surface area contributed by atoms with E-state index < -0.39 is 0 Å². The lowest BCUT2D eigenvalue weighted by Crippen LogP contribution is -2.17. The van der Waals surface area contributed by atoms with E-state index in [9.17, 15) is 0 Å². The van der Waals surface area contributed by atoms with Crippen LogP contribution in [0.4, 0.5) is 0 Å². The van der Waals surface area contributed by atoms with Gasteiger partial charge in [-0.3, -0.25) is 0 Å². The molecule has 0 radical (unpaired) electrons. The van der Waals surface area contributed by atoms with Gasteiger partial charge in [0.25, 0.3) is 0 Å². The largest absolute Gasteiger partial charge is 0.380 e. The first-order chi connectivity index (χ1) is 10.3. The first-order valence-electron chi connectivity index (χ1n) is 7.55. The third kappa shape index (κ3) is 3.18. The number of hydrogen-bond donors (Lipinski definition) is 1. The monoisotopic (exact) mass is 302 g/mol. The Hall–Kier alpha value is -1.23. The molecule has 1 unspecified atom stereocenters. The van der Waals surface area contributed by atoms with Gasteiger partial charge in [-0.05, 0) is 43.9 Å². The fourth-order valence-corrected chi connectivity index (χ4v) is 4.25. The number of rotatable bonds is 5. The second-order valence-electron chi connectivity index (χ2n) is 5.53. The van der Waals surface area contributed by atoms with Gasteiger partial charge in [0.2, 0.25) is 0 Å². The molecule has 1 N–H and O–H groups in total. The van der Waals surface area contributed by atoms with Gasteiger partial charge in [0.05, 0.1) is 18.3 Å². The molecule has 1 heterocycles. The van der Waals surface area contributed by atoms with E-state index in [0.29, 0.717) is 6.61 Å². The number of aromatic nitrogens is 1. The Morgan fingerprint density at radius 1 is 1.33 bits per heavy atom. The topological polar surface area (TPSA) is 34.1 Å². The number of fused-ring (bicyclic) bond motifs is 1. The van der Waals surface area contributed by atoms with E-state index in [1.54, 1.807) is 7.11 Å². The van der Waals surface area contributed by atoms with Crippen LogP contribution in [0, 0.1) is 0 Å². The van der Waals surface area contributed by atoms with Gasteiger partial charge in [-0.1, -0.05) is 24.3 Å². The summed E-state index contributed by atoms with van der Waals surface area (Å²) in [6, 6.07) is 8.76. The van der Waals surface area contributed by atoms with Crippen molar-refractivity contribution in [3.8, 4) is 0 Å². The molecular weight excluding hydrogens is 280 g/mol. The smallest absolute Gasteiger partial charge is 0.115 e. The molecule has 0 fully saturated rings. The van der Waals surface area contributed by atoms with Crippen LogP contribution in [0.15, 0.2) is 24.3 Å². The quantitative estimate of drug-likeness (QED) is 0.918. The number of nitrogens with one attached hydrogen (secondary N) is 1. The van der Waals surface area contributed by atoms with Crippen LogP contribution >= 0.6 is 11.3 Å². The third-order valence-corrected chi connectivity index (χ3v) is 5.22. The second kappa shape index (κ2) is 6.69. The van der Waals surface area contributed by atoms with E-state index in [1.807, 2.05) is 18.4 Å². The highest BCUT2D eigenvalue weighted by atomic mass is 32.1. The highest BCUT2D eigenvalue weighted by Crippen LogP contribution is 2.32. The van der Waals surface area contributed by atoms with Gasteiger partial charge >= 0.3 is 0 Å². The Morgan fingerprint density at radius 2 is 2.19 bits per heavy atom. The van der Waals surface area contributed by atoms with Crippen molar-refractivity contribution in [3.05, 3.63) is 51.0 Å². The fraction of sp³-hybridized carbons (Fsp3) is 0.471. The van der Waals surface area contributed by atoms with Crippen LogP contribution < -0.4 is 5.32 Å². The molecule has 1 atom stereocenters. The van der Waals surface area contributed by atoms with Crippen LogP contribution in [0.2, 0.25) is 0 Å². The Morgan fingerprint density at radius 3 is 2.95 bits per heavy atom. The molecule has 0 aliphatic heterocycles. The van der Waals surface area contributed by atoms with Gasteiger partial charge in [0.1, 0.15) is 5.01 Å². The average molecular weight is 302 g/mol. The predicted octanol–water partition coefficient (Wildman–Crippen LogP) is 3.48. The van der Waals surface area contributed by atoms with Crippen LogP contribution in [0.1, 0.15) is 45.6 Å². The number of thiazole rings is 1. The molecule has 1 aromatic carbocycles. The van der Waals surface area contributed by atoms with E-state index in [-0.39, 0.29) is 6.04 Å². The summed E-state index contributed by atoms with van der Waals surface area (Å²) in [4.78, 5) is 6.39. The predicted molar refractivity (Wildman–Crippen MR) is 86.8 cm³/mol. The molecule has 0 spiro atoms. The Balaban J connectivity index is 1.90. The summed E-state index contributed by atoms with van der Waals surface area (Å²) in [5.74, 6) is 0. The van der Waals surface area contributed by atoms with E-state index in [4.69, 9.17) is 9.72 Å². The lowest BCUT2D eigenvalue weighted by molar-refractivity contribution is 0.185. The van der Waals surface area contributed by atoms with Gasteiger partial charge in [-0.2, -0.15) is 0 Å². The highest BCUT2D eigenvalue weighted by Gasteiger charge is 2.21. The molecule has 1 aliphatic rings. The zero-order chi connectivity index (χ0) is 14.7. The molecule has 112 valence electrons. The Kier molecular flexibility index (Phi) is 4.68. The van der Waals surface area contributed by atoms with Crippen molar-refractivity contribution in [1.82, 2.24) is 10.3 Å². The first-order valence-corrected chi connectivity index (χ1v) is 8.37. The number of benzene rings is 1. The van der Waals surface area contributed by atoms with Crippen molar-refractivity contribution in [1.29, 1.82) is 0 Å². The number of nitrogens with zero attached hydrogens (tertiary/aromatic N) is 1. The minimum absolute atomic E-state index is 0.178. The standard InChI is InChI=1S/C17H22N2OS/c1-18-16(13-7-5-6-12(10-13)11-20-2)17-19-14-8-3-4-9-15(14)21-17/h5-7,10,16,18H,3-4,8-9,11H2,1-2H3. The summed E-state index contributed by atoms with van der Waals surface area (Å²) in [5.41, 5.74) is 3.80.